The van der Waals surface area contributed by atoms with Gasteiger partial charge in [0, 0.05) is 29.7 Å². The lowest BCUT2D eigenvalue weighted by Gasteiger charge is -2.06. The average molecular weight is 444 g/mol. The van der Waals surface area contributed by atoms with E-state index in [1.165, 1.54) is 68.9 Å². The van der Waals surface area contributed by atoms with Crippen LogP contribution < -0.4 is 0 Å². The zero-order valence-corrected chi connectivity index (χ0v) is 20.9. The van der Waals surface area contributed by atoms with Crippen LogP contribution >= 0.6 is 0 Å². The van der Waals surface area contributed by atoms with Crippen molar-refractivity contribution in [2.75, 3.05) is 0 Å². The molecule has 3 rings (SSSR count). The van der Waals surface area contributed by atoms with Gasteiger partial charge in [0.15, 0.2) is 5.82 Å². The highest BCUT2D eigenvalue weighted by Crippen LogP contribution is 2.22. The van der Waals surface area contributed by atoms with E-state index in [0.717, 1.165) is 41.4 Å². The highest BCUT2D eigenvalue weighted by Gasteiger charge is 2.05. The largest absolute Gasteiger partial charge is 0.256 e. The first-order chi connectivity index (χ1) is 16.2. The number of pyridine rings is 1. The van der Waals surface area contributed by atoms with E-state index in [1.54, 1.807) is 0 Å². The molecule has 33 heavy (non-hydrogen) atoms. The minimum Gasteiger partial charge on any atom is -0.256 e. The van der Waals surface area contributed by atoms with E-state index in [9.17, 15) is 0 Å². The van der Waals surface area contributed by atoms with Gasteiger partial charge in [0.1, 0.15) is 0 Å². The molecule has 176 valence electrons. The van der Waals surface area contributed by atoms with Crippen molar-refractivity contribution in [3.63, 3.8) is 0 Å². The Morgan fingerprint density at radius 1 is 0.606 bits per heavy atom. The summed E-state index contributed by atoms with van der Waals surface area (Å²) >= 11 is 0. The van der Waals surface area contributed by atoms with Crippen LogP contribution in [0.1, 0.15) is 89.7 Å². The Labute approximate surface area is 201 Å². The molecule has 0 atom stereocenters. The molecular weight excluding hydrogens is 402 g/mol. The fraction of sp³-hybridized carbons (Fsp3) is 0.500. The normalized spacial score (nSPS) is 11.3. The van der Waals surface area contributed by atoms with E-state index >= 15 is 0 Å². The molecule has 0 spiro atoms. The van der Waals surface area contributed by atoms with E-state index in [0.29, 0.717) is 0 Å². The molecule has 0 aliphatic heterocycles. The van der Waals surface area contributed by atoms with Gasteiger partial charge < -0.3 is 0 Å². The van der Waals surface area contributed by atoms with Crippen LogP contribution in [0.4, 0.5) is 0 Å². The molecule has 0 amide bonds. The van der Waals surface area contributed by atoms with Crippen molar-refractivity contribution in [1.82, 2.24) is 15.0 Å². The standard InChI is InChI=1S/C30H41N3/c1-4-5-9-13-25-15-20-29(31-21-25)27-16-18-28(19-17-27)30-32-22-26(23-33-30)14-11-8-6-7-10-12-24(2)3/h15-24H,4-14H2,1-3H3. The van der Waals surface area contributed by atoms with Gasteiger partial charge in [-0.2, -0.15) is 0 Å². The molecule has 3 nitrogen and oxygen atoms in total. The molecule has 0 N–H and O–H groups in total. The lowest BCUT2D eigenvalue weighted by molar-refractivity contribution is 0.515. The maximum Gasteiger partial charge on any atom is 0.159 e. The summed E-state index contributed by atoms with van der Waals surface area (Å²) in [5, 5.41) is 0. The number of unbranched alkanes of at least 4 members (excludes halogenated alkanes) is 6. The highest BCUT2D eigenvalue weighted by molar-refractivity contribution is 5.65. The Morgan fingerprint density at radius 2 is 1.21 bits per heavy atom. The smallest absolute Gasteiger partial charge is 0.159 e. The molecule has 3 heteroatoms. The second-order valence-electron chi connectivity index (χ2n) is 9.70. The summed E-state index contributed by atoms with van der Waals surface area (Å²) in [6.07, 6.45) is 19.9. The second-order valence-corrected chi connectivity index (χ2v) is 9.70. The molecule has 0 saturated carbocycles. The monoisotopic (exact) mass is 443 g/mol. The summed E-state index contributed by atoms with van der Waals surface area (Å²) < 4.78 is 0. The Kier molecular flexibility index (Phi) is 10.5. The Hall–Kier alpha value is -2.55. The Morgan fingerprint density at radius 3 is 1.88 bits per heavy atom. The molecule has 0 aliphatic rings. The average Bonchev–Trinajstić information content (AvgIpc) is 2.84. The third-order valence-electron chi connectivity index (χ3n) is 6.28. The third kappa shape index (κ3) is 8.72. The number of hydrogen-bond donors (Lipinski definition) is 0. The molecule has 1 aromatic carbocycles. The predicted molar refractivity (Wildman–Crippen MR) is 140 cm³/mol. The third-order valence-corrected chi connectivity index (χ3v) is 6.28. The van der Waals surface area contributed by atoms with Crippen molar-refractivity contribution in [2.45, 2.75) is 91.4 Å². The molecule has 0 unspecified atom stereocenters. The quantitative estimate of drug-likeness (QED) is 0.234. The molecule has 3 aromatic rings. The van der Waals surface area contributed by atoms with E-state index in [-0.39, 0.29) is 0 Å². The van der Waals surface area contributed by atoms with Crippen LogP contribution in [-0.4, -0.2) is 15.0 Å². The summed E-state index contributed by atoms with van der Waals surface area (Å²) in [4.78, 5) is 13.9. The van der Waals surface area contributed by atoms with E-state index in [1.807, 2.05) is 18.6 Å². The molecule has 2 heterocycles. The van der Waals surface area contributed by atoms with Gasteiger partial charge in [0.05, 0.1) is 5.69 Å². The SMILES string of the molecule is CCCCCc1ccc(-c2ccc(-c3ncc(CCCCCCCC(C)C)cn3)cc2)nc1. The Bertz CT molecular complexity index is 912. The fourth-order valence-corrected chi connectivity index (χ4v) is 4.16. The number of rotatable bonds is 14. The van der Waals surface area contributed by atoms with Crippen molar-refractivity contribution in [2.24, 2.45) is 5.92 Å². The van der Waals surface area contributed by atoms with Crippen molar-refractivity contribution in [3.8, 4) is 22.6 Å². The van der Waals surface area contributed by atoms with Gasteiger partial charge in [-0.1, -0.05) is 96.0 Å². The summed E-state index contributed by atoms with van der Waals surface area (Å²) in [7, 11) is 0. The number of hydrogen-bond acceptors (Lipinski definition) is 3. The van der Waals surface area contributed by atoms with Gasteiger partial charge in [-0.3, -0.25) is 4.98 Å². The van der Waals surface area contributed by atoms with E-state index < -0.39 is 0 Å². The highest BCUT2D eigenvalue weighted by atomic mass is 14.9. The van der Waals surface area contributed by atoms with E-state index in [4.69, 9.17) is 0 Å². The molecular formula is C30H41N3. The zero-order chi connectivity index (χ0) is 23.3. The van der Waals surface area contributed by atoms with Gasteiger partial charge in [0.2, 0.25) is 0 Å². The number of nitrogens with zero attached hydrogens (tertiary/aromatic N) is 3. The van der Waals surface area contributed by atoms with Crippen LogP contribution in [0.5, 0.6) is 0 Å². The van der Waals surface area contributed by atoms with Gasteiger partial charge in [-0.05, 0) is 48.8 Å². The topological polar surface area (TPSA) is 38.7 Å². The molecule has 0 saturated heterocycles. The summed E-state index contributed by atoms with van der Waals surface area (Å²) in [6, 6.07) is 12.8. The Balaban J connectivity index is 1.46. The van der Waals surface area contributed by atoms with Crippen molar-refractivity contribution < 1.29 is 0 Å². The van der Waals surface area contributed by atoms with Gasteiger partial charge >= 0.3 is 0 Å². The summed E-state index contributed by atoms with van der Waals surface area (Å²) in [5.41, 5.74) is 5.75. The number of aromatic nitrogens is 3. The first-order valence-electron chi connectivity index (χ1n) is 13.0. The minimum atomic E-state index is 0.790. The van der Waals surface area contributed by atoms with Crippen molar-refractivity contribution in [1.29, 1.82) is 0 Å². The van der Waals surface area contributed by atoms with Gasteiger partial charge in [-0.15, -0.1) is 0 Å². The molecule has 0 aliphatic carbocycles. The maximum atomic E-state index is 4.67. The lowest BCUT2D eigenvalue weighted by Crippen LogP contribution is -1.94. The predicted octanol–water partition coefficient (Wildman–Crippen LogP) is 8.48. The summed E-state index contributed by atoms with van der Waals surface area (Å²) in [6.45, 7) is 6.86. The molecule has 0 radical (unpaired) electrons. The van der Waals surface area contributed by atoms with Crippen LogP contribution in [0.25, 0.3) is 22.6 Å². The lowest BCUT2D eigenvalue weighted by atomic mass is 10.0. The van der Waals surface area contributed by atoms with Gasteiger partial charge in [-0.25, -0.2) is 9.97 Å². The first-order valence-corrected chi connectivity index (χ1v) is 13.0. The zero-order valence-electron chi connectivity index (χ0n) is 20.9. The van der Waals surface area contributed by atoms with Crippen molar-refractivity contribution in [3.05, 3.63) is 66.1 Å². The summed E-state index contributed by atoms with van der Waals surface area (Å²) in [5.74, 6) is 1.62. The molecule has 2 aromatic heterocycles. The first kappa shape index (κ1) is 25.1. The van der Waals surface area contributed by atoms with Crippen LogP contribution in [0, 0.1) is 5.92 Å². The molecule has 0 bridgehead atoms. The molecule has 0 fully saturated rings. The second kappa shape index (κ2) is 13.9. The van der Waals surface area contributed by atoms with Crippen LogP contribution in [-0.2, 0) is 12.8 Å². The van der Waals surface area contributed by atoms with Crippen molar-refractivity contribution >= 4 is 0 Å². The van der Waals surface area contributed by atoms with Crippen LogP contribution in [0.2, 0.25) is 0 Å². The van der Waals surface area contributed by atoms with E-state index in [2.05, 4.69) is 72.1 Å². The number of aryl methyl sites for hydroxylation is 2. The van der Waals surface area contributed by atoms with Gasteiger partial charge in [0.25, 0.3) is 0 Å². The fourth-order valence-electron chi connectivity index (χ4n) is 4.16. The minimum absolute atomic E-state index is 0.790. The van der Waals surface area contributed by atoms with Crippen LogP contribution in [0.3, 0.4) is 0 Å². The number of benzene rings is 1. The maximum absolute atomic E-state index is 4.67. The van der Waals surface area contributed by atoms with Crippen LogP contribution in [0.15, 0.2) is 55.0 Å².